The summed E-state index contributed by atoms with van der Waals surface area (Å²) in [5.74, 6) is -1.35. The topological polar surface area (TPSA) is 78.4 Å². The SMILES string of the molecule is CCCC(C)(C)NCC(NC(C)=O)C(=O)O. The molecule has 0 aromatic rings. The van der Waals surface area contributed by atoms with Gasteiger partial charge >= 0.3 is 5.97 Å². The number of aliphatic carboxylic acids is 1. The van der Waals surface area contributed by atoms with Crippen LogP contribution in [0.2, 0.25) is 0 Å². The molecule has 0 heterocycles. The van der Waals surface area contributed by atoms with Crippen molar-refractivity contribution < 1.29 is 14.7 Å². The summed E-state index contributed by atoms with van der Waals surface area (Å²) >= 11 is 0. The van der Waals surface area contributed by atoms with Crippen LogP contribution in [-0.2, 0) is 9.59 Å². The van der Waals surface area contributed by atoms with Gasteiger partial charge in [-0.15, -0.1) is 0 Å². The molecule has 0 aliphatic carbocycles. The first kappa shape index (κ1) is 14.9. The van der Waals surface area contributed by atoms with Gasteiger partial charge in [0.2, 0.25) is 5.91 Å². The monoisotopic (exact) mass is 230 g/mol. The van der Waals surface area contributed by atoms with E-state index < -0.39 is 12.0 Å². The van der Waals surface area contributed by atoms with E-state index in [9.17, 15) is 9.59 Å². The van der Waals surface area contributed by atoms with Crippen LogP contribution < -0.4 is 10.6 Å². The molecule has 16 heavy (non-hydrogen) atoms. The number of nitrogens with one attached hydrogen (secondary N) is 2. The Bertz CT molecular complexity index is 252. The Labute approximate surface area is 96.6 Å². The molecule has 0 aliphatic heterocycles. The molecule has 0 aliphatic rings. The van der Waals surface area contributed by atoms with E-state index in [1.54, 1.807) is 0 Å². The number of hydrogen-bond acceptors (Lipinski definition) is 3. The second-order valence-electron chi connectivity index (χ2n) is 4.61. The van der Waals surface area contributed by atoms with Crippen molar-refractivity contribution >= 4 is 11.9 Å². The lowest BCUT2D eigenvalue weighted by Gasteiger charge is -2.27. The minimum Gasteiger partial charge on any atom is -0.480 e. The van der Waals surface area contributed by atoms with Crippen molar-refractivity contribution in [2.75, 3.05) is 6.54 Å². The molecule has 5 heteroatoms. The Hall–Kier alpha value is -1.10. The lowest BCUT2D eigenvalue weighted by molar-refractivity contribution is -0.141. The van der Waals surface area contributed by atoms with Crippen LogP contribution in [0.1, 0.15) is 40.5 Å². The molecule has 1 amide bonds. The standard InChI is InChI=1S/C11H22N2O3/c1-5-6-11(3,4)12-7-9(10(15)16)13-8(2)14/h9,12H,5-7H2,1-4H3,(H,13,14)(H,15,16). The molecule has 5 nitrogen and oxygen atoms in total. The van der Waals surface area contributed by atoms with Crippen LogP contribution in [0.5, 0.6) is 0 Å². The van der Waals surface area contributed by atoms with Crippen LogP contribution >= 0.6 is 0 Å². The van der Waals surface area contributed by atoms with Crippen LogP contribution in [0.4, 0.5) is 0 Å². The quantitative estimate of drug-likeness (QED) is 0.603. The molecule has 1 unspecified atom stereocenters. The van der Waals surface area contributed by atoms with Crippen LogP contribution in [0, 0.1) is 0 Å². The van der Waals surface area contributed by atoms with Gasteiger partial charge in [0.05, 0.1) is 0 Å². The Morgan fingerprint density at radius 1 is 1.38 bits per heavy atom. The molecule has 0 spiro atoms. The number of carbonyl (C=O) groups excluding carboxylic acids is 1. The minimum absolute atomic E-state index is 0.110. The summed E-state index contributed by atoms with van der Waals surface area (Å²) in [6.07, 6.45) is 1.98. The number of carbonyl (C=O) groups is 2. The molecule has 0 saturated heterocycles. The minimum atomic E-state index is -1.02. The van der Waals surface area contributed by atoms with E-state index in [4.69, 9.17) is 5.11 Å². The van der Waals surface area contributed by atoms with Gasteiger partial charge in [-0.2, -0.15) is 0 Å². The Balaban J connectivity index is 4.21. The summed E-state index contributed by atoms with van der Waals surface area (Å²) in [6.45, 7) is 7.66. The smallest absolute Gasteiger partial charge is 0.327 e. The van der Waals surface area contributed by atoms with Crippen LogP contribution in [-0.4, -0.2) is 35.1 Å². The predicted octanol–water partition coefficient (Wildman–Crippen LogP) is 0.744. The first-order valence-corrected chi connectivity index (χ1v) is 5.53. The maximum atomic E-state index is 10.9. The van der Waals surface area contributed by atoms with Gasteiger partial charge in [0, 0.05) is 19.0 Å². The van der Waals surface area contributed by atoms with Crippen molar-refractivity contribution in [2.45, 2.75) is 52.1 Å². The summed E-state index contributed by atoms with van der Waals surface area (Å²) in [5, 5.41) is 14.4. The van der Waals surface area contributed by atoms with Crippen molar-refractivity contribution in [1.82, 2.24) is 10.6 Å². The van der Waals surface area contributed by atoms with Gasteiger partial charge in [0.25, 0.3) is 0 Å². The van der Waals surface area contributed by atoms with E-state index in [0.29, 0.717) is 0 Å². The molecule has 0 radical (unpaired) electrons. The molecule has 1 atom stereocenters. The Kier molecular flexibility index (Phi) is 6.03. The van der Waals surface area contributed by atoms with E-state index in [1.165, 1.54) is 6.92 Å². The molecule has 0 aromatic carbocycles. The first-order valence-electron chi connectivity index (χ1n) is 5.53. The Morgan fingerprint density at radius 2 is 1.94 bits per heavy atom. The summed E-state index contributed by atoms with van der Waals surface area (Å²) < 4.78 is 0. The molecule has 0 saturated carbocycles. The highest BCUT2D eigenvalue weighted by atomic mass is 16.4. The van der Waals surface area contributed by atoms with Crippen molar-refractivity contribution in [3.05, 3.63) is 0 Å². The maximum absolute atomic E-state index is 10.9. The fraction of sp³-hybridized carbons (Fsp3) is 0.818. The summed E-state index contributed by atoms with van der Waals surface area (Å²) in [6, 6.07) is -0.867. The van der Waals surface area contributed by atoms with Crippen molar-refractivity contribution in [3.63, 3.8) is 0 Å². The van der Waals surface area contributed by atoms with E-state index in [0.717, 1.165) is 12.8 Å². The molecule has 0 rings (SSSR count). The van der Waals surface area contributed by atoms with Crippen molar-refractivity contribution in [3.8, 4) is 0 Å². The van der Waals surface area contributed by atoms with Crippen LogP contribution in [0.15, 0.2) is 0 Å². The zero-order valence-corrected chi connectivity index (χ0v) is 10.5. The summed E-state index contributed by atoms with van der Waals surface area (Å²) in [7, 11) is 0. The zero-order chi connectivity index (χ0) is 12.8. The fourth-order valence-corrected chi connectivity index (χ4v) is 1.54. The predicted molar refractivity (Wildman–Crippen MR) is 62.2 cm³/mol. The largest absolute Gasteiger partial charge is 0.480 e. The number of rotatable bonds is 7. The molecule has 0 fully saturated rings. The fourth-order valence-electron chi connectivity index (χ4n) is 1.54. The third-order valence-electron chi connectivity index (χ3n) is 2.34. The van der Waals surface area contributed by atoms with Gasteiger partial charge in [0.1, 0.15) is 6.04 Å². The first-order chi connectivity index (χ1) is 7.28. The number of carboxylic acid groups (broad SMARTS) is 1. The molecule has 94 valence electrons. The van der Waals surface area contributed by atoms with Crippen molar-refractivity contribution in [1.29, 1.82) is 0 Å². The number of hydrogen-bond donors (Lipinski definition) is 3. The van der Waals surface area contributed by atoms with Gasteiger partial charge in [-0.3, -0.25) is 4.79 Å². The lowest BCUT2D eigenvalue weighted by Crippen LogP contribution is -2.51. The highest BCUT2D eigenvalue weighted by molar-refractivity contribution is 5.82. The normalized spacial score (nSPS) is 13.2. The van der Waals surface area contributed by atoms with Crippen molar-refractivity contribution in [2.24, 2.45) is 0 Å². The molecular formula is C11H22N2O3. The van der Waals surface area contributed by atoms with Gasteiger partial charge in [-0.25, -0.2) is 4.79 Å². The van der Waals surface area contributed by atoms with E-state index in [1.807, 2.05) is 13.8 Å². The van der Waals surface area contributed by atoms with Gasteiger partial charge in [0.15, 0.2) is 0 Å². The maximum Gasteiger partial charge on any atom is 0.327 e. The van der Waals surface area contributed by atoms with Crippen LogP contribution in [0.3, 0.4) is 0 Å². The second kappa shape index (κ2) is 6.48. The highest BCUT2D eigenvalue weighted by Gasteiger charge is 2.22. The number of amides is 1. The van der Waals surface area contributed by atoms with Gasteiger partial charge < -0.3 is 15.7 Å². The number of carboxylic acids is 1. The molecular weight excluding hydrogens is 208 g/mol. The molecule has 0 bridgehead atoms. The third-order valence-corrected chi connectivity index (χ3v) is 2.34. The van der Waals surface area contributed by atoms with E-state index in [2.05, 4.69) is 17.6 Å². The second-order valence-corrected chi connectivity index (χ2v) is 4.61. The molecule has 0 aromatic heterocycles. The van der Waals surface area contributed by atoms with E-state index in [-0.39, 0.29) is 18.0 Å². The average Bonchev–Trinajstić information content (AvgIpc) is 2.11. The summed E-state index contributed by atoms with van der Waals surface area (Å²) in [5.41, 5.74) is -0.110. The summed E-state index contributed by atoms with van der Waals surface area (Å²) in [4.78, 5) is 21.7. The zero-order valence-electron chi connectivity index (χ0n) is 10.5. The molecule has 3 N–H and O–H groups in total. The third kappa shape index (κ3) is 6.40. The van der Waals surface area contributed by atoms with Gasteiger partial charge in [-0.05, 0) is 20.3 Å². The van der Waals surface area contributed by atoms with E-state index >= 15 is 0 Å². The lowest BCUT2D eigenvalue weighted by atomic mass is 9.98. The average molecular weight is 230 g/mol. The highest BCUT2D eigenvalue weighted by Crippen LogP contribution is 2.10. The Morgan fingerprint density at radius 3 is 2.31 bits per heavy atom. The van der Waals surface area contributed by atoms with Gasteiger partial charge in [-0.1, -0.05) is 13.3 Å². The van der Waals surface area contributed by atoms with Crippen LogP contribution in [0.25, 0.3) is 0 Å².